The highest BCUT2D eigenvalue weighted by Crippen LogP contribution is 2.18. The van der Waals surface area contributed by atoms with Gasteiger partial charge in [0.15, 0.2) is 0 Å². The van der Waals surface area contributed by atoms with Crippen molar-refractivity contribution >= 4 is 23.3 Å². The molecule has 0 spiro atoms. The van der Waals surface area contributed by atoms with E-state index in [1.54, 1.807) is 16.2 Å². The fourth-order valence-corrected chi connectivity index (χ4v) is 3.24. The third-order valence-corrected chi connectivity index (χ3v) is 4.77. The van der Waals surface area contributed by atoms with Gasteiger partial charge in [0, 0.05) is 22.8 Å². The predicted octanol–water partition coefficient (Wildman–Crippen LogP) is 2.32. The molecule has 20 heavy (non-hydrogen) atoms. The van der Waals surface area contributed by atoms with Gasteiger partial charge in [-0.2, -0.15) is 0 Å². The van der Waals surface area contributed by atoms with Gasteiger partial charge in [-0.15, -0.1) is 11.3 Å². The highest BCUT2D eigenvalue weighted by Gasteiger charge is 2.27. The average Bonchev–Trinajstić information content (AvgIpc) is 2.93. The minimum Gasteiger partial charge on any atom is -0.481 e. The number of carboxylic acids is 1. The predicted molar refractivity (Wildman–Crippen MR) is 77.9 cm³/mol. The number of urea groups is 1. The van der Waals surface area contributed by atoms with Crippen molar-refractivity contribution in [2.24, 2.45) is 5.92 Å². The number of nitrogens with zero attached hydrogens (tertiary/aromatic N) is 1. The van der Waals surface area contributed by atoms with Crippen molar-refractivity contribution in [3.8, 4) is 0 Å². The van der Waals surface area contributed by atoms with Crippen molar-refractivity contribution < 1.29 is 14.7 Å². The zero-order valence-electron chi connectivity index (χ0n) is 11.6. The Bertz CT molecular complexity index is 487. The minimum absolute atomic E-state index is 0.164. The molecule has 2 N–H and O–H groups in total. The first kappa shape index (κ1) is 14.8. The van der Waals surface area contributed by atoms with Gasteiger partial charge in [-0.3, -0.25) is 4.79 Å². The van der Waals surface area contributed by atoms with Gasteiger partial charge in [-0.25, -0.2) is 4.79 Å². The Morgan fingerprint density at radius 1 is 1.45 bits per heavy atom. The number of likely N-dealkylation sites (tertiary alicyclic amines) is 1. The number of aryl methyl sites for hydroxylation is 1. The van der Waals surface area contributed by atoms with Crippen LogP contribution in [-0.2, 0) is 17.8 Å². The van der Waals surface area contributed by atoms with Crippen molar-refractivity contribution in [1.82, 2.24) is 10.2 Å². The van der Waals surface area contributed by atoms with E-state index in [9.17, 15) is 9.59 Å². The van der Waals surface area contributed by atoms with Gasteiger partial charge < -0.3 is 15.3 Å². The molecule has 0 bridgehead atoms. The zero-order chi connectivity index (χ0) is 14.5. The number of piperidine rings is 1. The summed E-state index contributed by atoms with van der Waals surface area (Å²) in [5, 5.41) is 11.9. The maximum absolute atomic E-state index is 12.0. The smallest absolute Gasteiger partial charge is 0.317 e. The maximum Gasteiger partial charge on any atom is 0.317 e. The first-order chi connectivity index (χ1) is 9.60. The van der Waals surface area contributed by atoms with E-state index in [-0.39, 0.29) is 6.03 Å². The topological polar surface area (TPSA) is 69.6 Å². The van der Waals surface area contributed by atoms with Crippen molar-refractivity contribution in [3.63, 3.8) is 0 Å². The molecule has 0 aromatic carbocycles. The van der Waals surface area contributed by atoms with Gasteiger partial charge in [0.1, 0.15) is 0 Å². The third kappa shape index (κ3) is 3.72. The van der Waals surface area contributed by atoms with Gasteiger partial charge in [0.2, 0.25) is 0 Å². The molecule has 1 aromatic heterocycles. The lowest BCUT2D eigenvalue weighted by Crippen LogP contribution is -2.46. The number of hydrogen-bond donors (Lipinski definition) is 2. The summed E-state index contributed by atoms with van der Waals surface area (Å²) in [5.74, 6) is -1.24. The summed E-state index contributed by atoms with van der Waals surface area (Å²) < 4.78 is 0. The normalized spacial score (nSPS) is 18.9. The summed E-state index contributed by atoms with van der Waals surface area (Å²) in [4.78, 5) is 27.1. The molecule has 110 valence electrons. The van der Waals surface area contributed by atoms with Crippen LogP contribution in [0.25, 0.3) is 0 Å². The summed E-state index contributed by atoms with van der Waals surface area (Å²) in [6.45, 7) is 3.57. The lowest BCUT2D eigenvalue weighted by Gasteiger charge is -2.30. The molecule has 0 saturated carbocycles. The number of carbonyl (C=O) groups excluding carboxylic acids is 1. The van der Waals surface area contributed by atoms with Crippen LogP contribution in [0.2, 0.25) is 0 Å². The lowest BCUT2D eigenvalue weighted by atomic mass is 9.99. The fraction of sp³-hybridized carbons (Fsp3) is 0.571. The van der Waals surface area contributed by atoms with E-state index in [0.29, 0.717) is 26.1 Å². The largest absolute Gasteiger partial charge is 0.481 e. The summed E-state index contributed by atoms with van der Waals surface area (Å²) in [5.41, 5.74) is 0. The van der Waals surface area contributed by atoms with Crippen LogP contribution in [0.1, 0.15) is 29.5 Å². The quantitative estimate of drug-likeness (QED) is 0.896. The van der Waals surface area contributed by atoms with Crippen LogP contribution < -0.4 is 5.32 Å². The van der Waals surface area contributed by atoms with Crippen LogP contribution in [0.15, 0.2) is 12.1 Å². The molecule has 1 fully saturated rings. The first-order valence-corrected chi connectivity index (χ1v) is 7.75. The van der Waals surface area contributed by atoms with E-state index in [1.807, 2.05) is 6.07 Å². The van der Waals surface area contributed by atoms with Gasteiger partial charge in [-0.1, -0.05) is 6.92 Å². The minimum atomic E-state index is -0.812. The zero-order valence-corrected chi connectivity index (χ0v) is 12.4. The van der Waals surface area contributed by atoms with Gasteiger partial charge >= 0.3 is 12.0 Å². The van der Waals surface area contributed by atoms with E-state index >= 15 is 0 Å². The number of rotatable bonds is 4. The number of aliphatic carboxylic acids is 1. The van der Waals surface area contributed by atoms with Crippen LogP contribution in [-0.4, -0.2) is 35.1 Å². The Hall–Kier alpha value is -1.56. The van der Waals surface area contributed by atoms with Gasteiger partial charge in [0.05, 0.1) is 12.5 Å². The Kier molecular flexibility index (Phi) is 5.00. The SMILES string of the molecule is CCc1ccc(CNC(=O)N2CCCC(C(=O)O)C2)s1. The van der Waals surface area contributed by atoms with E-state index in [1.165, 1.54) is 4.88 Å². The highest BCUT2D eigenvalue weighted by molar-refractivity contribution is 7.11. The highest BCUT2D eigenvalue weighted by atomic mass is 32.1. The molecular weight excluding hydrogens is 276 g/mol. The molecule has 2 rings (SSSR count). The van der Waals surface area contributed by atoms with Crippen molar-refractivity contribution in [2.75, 3.05) is 13.1 Å². The molecule has 2 heterocycles. The van der Waals surface area contributed by atoms with E-state index in [4.69, 9.17) is 5.11 Å². The Morgan fingerprint density at radius 2 is 2.20 bits per heavy atom. The van der Waals surface area contributed by atoms with Crippen LogP contribution in [0, 0.1) is 5.92 Å². The molecule has 1 atom stereocenters. The van der Waals surface area contributed by atoms with Crippen LogP contribution in [0.4, 0.5) is 4.79 Å². The second kappa shape index (κ2) is 6.74. The third-order valence-electron chi connectivity index (χ3n) is 3.54. The monoisotopic (exact) mass is 296 g/mol. The molecule has 0 radical (unpaired) electrons. The van der Waals surface area contributed by atoms with Crippen LogP contribution in [0.3, 0.4) is 0 Å². The molecule has 6 heteroatoms. The molecule has 1 saturated heterocycles. The number of thiophene rings is 1. The second-order valence-corrected chi connectivity index (χ2v) is 6.26. The molecule has 2 amide bonds. The molecule has 0 aliphatic carbocycles. The summed E-state index contributed by atoms with van der Waals surface area (Å²) in [6, 6.07) is 3.94. The standard InChI is InChI=1S/C14H20N2O3S/c1-2-11-5-6-12(20-11)8-15-14(19)16-7-3-4-10(9-16)13(17)18/h5-6,10H,2-4,7-9H2,1H3,(H,15,19)(H,17,18). The molecule has 1 aromatic rings. The van der Waals surface area contributed by atoms with E-state index in [2.05, 4.69) is 18.3 Å². The van der Waals surface area contributed by atoms with Crippen molar-refractivity contribution in [3.05, 3.63) is 21.9 Å². The molecule has 1 aliphatic rings. The molecule has 5 nitrogen and oxygen atoms in total. The summed E-state index contributed by atoms with van der Waals surface area (Å²) in [6.07, 6.45) is 2.41. The van der Waals surface area contributed by atoms with E-state index < -0.39 is 11.9 Å². The number of hydrogen-bond acceptors (Lipinski definition) is 3. The second-order valence-electron chi connectivity index (χ2n) is 5.00. The number of amides is 2. The van der Waals surface area contributed by atoms with Crippen LogP contribution in [0.5, 0.6) is 0 Å². The fourth-order valence-electron chi connectivity index (χ4n) is 2.35. The average molecular weight is 296 g/mol. The van der Waals surface area contributed by atoms with Gasteiger partial charge in [0.25, 0.3) is 0 Å². The number of carboxylic acid groups (broad SMARTS) is 1. The molecular formula is C14H20N2O3S. The molecule has 1 aliphatic heterocycles. The summed E-state index contributed by atoms with van der Waals surface area (Å²) in [7, 11) is 0. The Labute approximate surface area is 122 Å². The van der Waals surface area contributed by atoms with E-state index in [0.717, 1.165) is 17.7 Å². The summed E-state index contributed by atoms with van der Waals surface area (Å²) >= 11 is 1.70. The number of nitrogens with one attached hydrogen (secondary N) is 1. The lowest BCUT2D eigenvalue weighted by molar-refractivity contribution is -0.143. The Balaban J connectivity index is 1.83. The van der Waals surface area contributed by atoms with Crippen molar-refractivity contribution in [1.29, 1.82) is 0 Å². The number of carbonyl (C=O) groups is 2. The van der Waals surface area contributed by atoms with Crippen LogP contribution >= 0.6 is 11.3 Å². The Morgan fingerprint density at radius 3 is 2.85 bits per heavy atom. The van der Waals surface area contributed by atoms with Crippen molar-refractivity contribution in [2.45, 2.75) is 32.7 Å². The first-order valence-electron chi connectivity index (χ1n) is 6.93. The maximum atomic E-state index is 12.0. The van der Waals surface area contributed by atoms with Gasteiger partial charge in [-0.05, 0) is 31.4 Å². The molecule has 1 unspecified atom stereocenters.